The van der Waals surface area contributed by atoms with Gasteiger partial charge in [-0.2, -0.15) is 0 Å². The second-order valence-electron chi connectivity index (χ2n) is 6.30. The number of aliphatic hydroxyl groups is 2. The van der Waals surface area contributed by atoms with Crippen LogP contribution in [-0.4, -0.2) is 52.1 Å². The number of aromatic nitrogens is 1. The normalized spacial score (nSPS) is 17.2. The number of halogens is 1. The summed E-state index contributed by atoms with van der Waals surface area (Å²) in [6.45, 7) is 2.73. The van der Waals surface area contributed by atoms with Gasteiger partial charge in [-0.3, -0.25) is 9.69 Å². The highest BCUT2D eigenvalue weighted by molar-refractivity contribution is 6.30. The Kier molecular flexibility index (Phi) is 5.03. The van der Waals surface area contributed by atoms with Gasteiger partial charge in [-0.1, -0.05) is 23.7 Å². The van der Waals surface area contributed by atoms with Crippen LogP contribution in [0.3, 0.4) is 0 Å². The molecule has 2 heterocycles. The van der Waals surface area contributed by atoms with Gasteiger partial charge in [0.15, 0.2) is 0 Å². The number of hydrogen-bond acceptors (Lipinski definition) is 4. The monoisotopic (exact) mass is 363 g/mol. The molecule has 3 rings (SSSR count). The zero-order chi connectivity index (χ0) is 18.1. The number of anilines is 1. The molecule has 25 heavy (non-hydrogen) atoms. The minimum absolute atomic E-state index is 0.0299. The Bertz CT molecular complexity index is 773. The first-order valence-electron chi connectivity index (χ1n) is 8.21. The number of benzene rings is 1. The van der Waals surface area contributed by atoms with Crippen LogP contribution in [0.5, 0.6) is 0 Å². The molecule has 0 fully saturated rings. The molecule has 0 bridgehead atoms. The lowest BCUT2D eigenvalue weighted by molar-refractivity contribution is 0.00143. The highest BCUT2D eigenvalue weighted by atomic mass is 35.5. The summed E-state index contributed by atoms with van der Waals surface area (Å²) < 4.78 is 1.91. The van der Waals surface area contributed by atoms with E-state index < -0.39 is 6.35 Å². The lowest BCUT2D eigenvalue weighted by atomic mass is 10.1. The number of fused-ring (bicyclic) bond motifs is 1. The summed E-state index contributed by atoms with van der Waals surface area (Å²) in [4.78, 5) is 16.1. The predicted molar refractivity (Wildman–Crippen MR) is 96.9 cm³/mol. The molecule has 1 amide bonds. The molecular weight excluding hydrogens is 342 g/mol. The zero-order valence-electron chi connectivity index (χ0n) is 14.3. The lowest BCUT2D eigenvalue weighted by Crippen LogP contribution is -2.54. The van der Waals surface area contributed by atoms with Gasteiger partial charge < -0.3 is 19.7 Å². The van der Waals surface area contributed by atoms with Crippen LogP contribution in [0, 0.1) is 6.92 Å². The molecule has 0 saturated carbocycles. The van der Waals surface area contributed by atoms with Crippen molar-refractivity contribution in [2.45, 2.75) is 26.2 Å². The van der Waals surface area contributed by atoms with Gasteiger partial charge in [0, 0.05) is 38.0 Å². The average Bonchev–Trinajstić information content (AvgIpc) is 2.91. The van der Waals surface area contributed by atoms with Crippen LogP contribution in [0.25, 0.3) is 0 Å². The molecule has 0 aliphatic carbocycles. The first-order chi connectivity index (χ1) is 11.9. The summed E-state index contributed by atoms with van der Waals surface area (Å²) in [5, 5.41) is 20.2. The number of rotatable bonds is 5. The van der Waals surface area contributed by atoms with Crippen LogP contribution < -0.4 is 4.90 Å². The van der Waals surface area contributed by atoms with Crippen LogP contribution >= 0.6 is 11.6 Å². The van der Waals surface area contributed by atoms with E-state index in [9.17, 15) is 9.90 Å². The van der Waals surface area contributed by atoms with Crippen molar-refractivity contribution in [2.24, 2.45) is 0 Å². The van der Waals surface area contributed by atoms with E-state index in [1.54, 1.807) is 11.9 Å². The number of aryl methyl sites for hydroxylation is 1. The van der Waals surface area contributed by atoms with Crippen molar-refractivity contribution in [3.8, 4) is 0 Å². The van der Waals surface area contributed by atoms with E-state index in [1.807, 2.05) is 42.0 Å². The van der Waals surface area contributed by atoms with Crippen molar-refractivity contribution < 1.29 is 15.0 Å². The molecule has 134 valence electrons. The van der Waals surface area contributed by atoms with Gasteiger partial charge in [-0.05, 0) is 36.6 Å². The van der Waals surface area contributed by atoms with E-state index in [4.69, 9.17) is 16.7 Å². The van der Waals surface area contributed by atoms with E-state index in [-0.39, 0.29) is 12.5 Å². The van der Waals surface area contributed by atoms with Crippen molar-refractivity contribution in [3.05, 3.63) is 52.3 Å². The van der Waals surface area contributed by atoms with Crippen LogP contribution in [0.1, 0.15) is 28.0 Å². The van der Waals surface area contributed by atoms with Crippen molar-refractivity contribution in [2.75, 3.05) is 25.1 Å². The van der Waals surface area contributed by atoms with Gasteiger partial charge in [0.2, 0.25) is 6.35 Å². The molecule has 1 aliphatic heterocycles. The Labute approximate surface area is 151 Å². The smallest absolute Gasteiger partial charge is 0.276 e. The minimum Gasteiger partial charge on any atom is -0.396 e. The summed E-state index contributed by atoms with van der Waals surface area (Å²) in [5.41, 5.74) is 3.26. The first-order valence-corrected chi connectivity index (χ1v) is 8.58. The molecule has 0 radical (unpaired) electrons. The summed E-state index contributed by atoms with van der Waals surface area (Å²) in [7, 11) is 1.77. The van der Waals surface area contributed by atoms with E-state index in [0.717, 1.165) is 16.8 Å². The van der Waals surface area contributed by atoms with Crippen molar-refractivity contribution >= 4 is 23.2 Å². The van der Waals surface area contributed by atoms with E-state index in [2.05, 4.69) is 0 Å². The number of carbonyl (C=O) groups excluding carboxylic acids is 1. The molecular formula is C18H22ClN3O3. The first kappa shape index (κ1) is 17.8. The van der Waals surface area contributed by atoms with Crippen molar-refractivity contribution in [3.63, 3.8) is 0 Å². The Morgan fingerprint density at radius 2 is 1.92 bits per heavy atom. The Balaban J connectivity index is 1.98. The number of nitrogens with zero attached hydrogens (tertiary/aromatic N) is 3. The predicted octanol–water partition coefficient (Wildman–Crippen LogP) is 2.05. The van der Waals surface area contributed by atoms with Gasteiger partial charge in [0.1, 0.15) is 5.69 Å². The molecule has 0 saturated heterocycles. The van der Waals surface area contributed by atoms with E-state index in [0.29, 0.717) is 30.2 Å². The van der Waals surface area contributed by atoms with Gasteiger partial charge in [0.25, 0.3) is 5.91 Å². The largest absolute Gasteiger partial charge is 0.396 e. The van der Waals surface area contributed by atoms with Gasteiger partial charge >= 0.3 is 0 Å². The number of hydrogen-bond donors (Lipinski definition) is 2. The van der Waals surface area contributed by atoms with Crippen molar-refractivity contribution in [1.29, 1.82) is 0 Å². The molecule has 2 aromatic rings. The van der Waals surface area contributed by atoms with Crippen LogP contribution in [0.2, 0.25) is 5.02 Å². The second kappa shape index (κ2) is 7.07. The zero-order valence-corrected chi connectivity index (χ0v) is 15.1. The molecule has 1 atom stereocenters. The van der Waals surface area contributed by atoms with Crippen molar-refractivity contribution in [1.82, 2.24) is 9.47 Å². The molecule has 1 aromatic heterocycles. The fraction of sp³-hybridized carbons (Fsp3) is 0.389. The molecule has 0 spiro atoms. The molecule has 6 nitrogen and oxygen atoms in total. The maximum absolute atomic E-state index is 13.0. The number of amides is 1. The summed E-state index contributed by atoms with van der Waals surface area (Å²) >= 11 is 5.94. The molecule has 2 N–H and O–H groups in total. The lowest BCUT2D eigenvalue weighted by Gasteiger charge is -2.40. The van der Waals surface area contributed by atoms with Gasteiger partial charge in [0.05, 0.1) is 5.69 Å². The summed E-state index contributed by atoms with van der Waals surface area (Å²) in [6, 6.07) is 7.51. The third kappa shape index (κ3) is 3.25. The topological polar surface area (TPSA) is 68.9 Å². The van der Waals surface area contributed by atoms with Crippen LogP contribution in [0.4, 0.5) is 5.69 Å². The molecule has 7 heteroatoms. The fourth-order valence-corrected chi connectivity index (χ4v) is 3.41. The summed E-state index contributed by atoms with van der Waals surface area (Å²) in [5.74, 6) is -0.226. The van der Waals surface area contributed by atoms with Gasteiger partial charge in [-0.25, -0.2) is 0 Å². The third-order valence-electron chi connectivity index (χ3n) is 4.50. The number of carbonyl (C=O) groups is 1. The maximum atomic E-state index is 13.0. The minimum atomic E-state index is -1.03. The van der Waals surface area contributed by atoms with E-state index >= 15 is 0 Å². The van der Waals surface area contributed by atoms with E-state index in [1.165, 1.54) is 4.90 Å². The SMILES string of the molecule is Cc1cn(Cc2ccc(Cl)cc2)c2c1N(C)C(O)N(CCCO)C2=O. The third-order valence-corrected chi connectivity index (χ3v) is 4.75. The highest BCUT2D eigenvalue weighted by Crippen LogP contribution is 2.34. The Morgan fingerprint density at radius 1 is 1.24 bits per heavy atom. The summed E-state index contributed by atoms with van der Waals surface area (Å²) in [6.07, 6.45) is 1.32. The average molecular weight is 364 g/mol. The highest BCUT2D eigenvalue weighted by Gasteiger charge is 2.38. The molecule has 1 unspecified atom stereocenters. The molecule has 1 aliphatic rings. The molecule has 1 aromatic carbocycles. The Morgan fingerprint density at radius 3 is 2.56 bits per heavy atom. The van der Waals surface area contributed by atoms with Crippen LogP contribution in [-0.2, 0) is 6.54 Å². The van der Waals surface area contributed by atoms with Gasteiger partial charge in [-0.15, -0.1) is 0 Å². The standard InChI is InChI=1S/C18H22ClN3O3/c1-12-10-21(11-13-4-6-14(19)7-5-13)16-15(12)20(2)18(25)22(17(16)24)8-3-9-23/h4-7,10,18,23,25H,3,8-9,11H2,1-2H3. The van der Waals surface area contributed by atoms with Crippen LogP contribution in [0.15, 0.2) is 30.5 Å². The quantitative estimate of drug-likeness (QED) is 0.853. The second-order valence-corrected chi connectivity index (χ2v) is 6.73. The Hall–Kier alpha value is -2.02. The fourth-order valence-electron chi connectivity index (χ4n) is 3.29. The maximum Gasteiger partial charge on any atom is 0.276 e. The number of aliphatic hydroxyl groups excluding tert-OH is 2.